The Morgan fingerprint density at radius 2 is 1.44 bits per heavy atom. The molecular weight excluding hydrogens is 312 g/mol. The van der Waals surface area contributed by atoms with Crippen LogP contribution in [-0.2, 0) is 28.2 Å². The van der Waals surface area contributed by atoms with E-state index >= 15 is 0 Å². The van der Waals surface area contributed by atoms with E-state index in [0.717, 1.165) is 5.75 Å². The van der Waals surface area contributed by atoms with Gasteiger partial charge in [-0.2, -0.15) is 0 Å². The first-order chi connectivity index (χ1) is 11.8. The molecule has 0 atom stereocenters. The van der Waals surface area contributed by atoms with Gasteiger partial charge in [-0.05, 0) is 47.1 Å². The van der Waals surface area contributed by atoms with Crippen molar-refractivity contribution in [2.24, 2.45) is 0 Å². The van der Waals surface area contributed by atoms with Gasteiger partial charge in [-0.3, -0.25) is 0 Å². The first-order valence-corrected chi connectivity index (χ1v) is 8.41. The minimum absolute atomic E-state index is 0.108. The fourth-order valence-corrected chi connectivity index (χ4v) is 2.71. The molecule has 0 saturated carbocycles. The molecule has 2 rings (SSSR count). The van der Waals surface area contributed by atoms with Gasteiger partial charge in [0.15, 0.2) is 0 Å². The topological polar surface area (TPSA) is 35.5 Å². The van der Waals surface area contributed by atoms with Gasteiger partial charge in [0.2, 0.25) is 0 Å². The number of hydrogen-bond donors (Lipinski definition) is 0. The third-order valence-corrected chi connectivity index (χ3v) is 4.02. The summed E-state index contributed by atoms with van der Waals surface area (Å²) in [5.74, 6) is 0.988. The van der Waals surface area contributed by atoms with Crippen LogP contribution < -0.4 is 4.74 Å². The summed E-state index contributed by atoms with van der Waals surface area (Å²) in [5, 5.41) is 0. The summed E-state index contributed by atoms with van der Waals surface area (Å²) in [6, 6.07) is 12.9. The lowest BCUT2D eigenvalue weighted by atomic mass is 9.85. The first kappa shape index (κ1) is 20.9. The van der Waals surface area contributed by atoms with Crippen LogP contribution in [0.4, 0.5) is 0 Å². The molecule has 0 bridgehead atoms. The van der Waals surface area contributed by atoms with Gasteiger partial charge in [0.05, 0.1) is 6.61 Å². The summed E-state index contributed by atoms with van der Waals surface area (Å²) in [6.07, 6.45) is 0. The van der Waals surface area contributed by atoms with E-state index in [2.05, 4.69) is 71.0 Å². The highest BCUT2D eigenvalue weighted by Gasteiger charge is 2.16. The maximum atomic E-state index is 8.00. The molecule has 25 heavy (non-hydrogen) atoms. The van der Waals surface area contributed by atoms with Crippen molar-refractivity contribution in [3.05, 3.63) is 64.2 Å². The third kappa shape index (κ3) is 6.02. The molecule has 0 aliphatic rings. The summed E-state index contributed by atoms with van der Waals surface area (Å²) in [5.41, 5.74) is 6.15. The lowest BCUT2D eigenvalue weighted by molar-refractivity contribution is -0.0979. The van der Waals surface area contributed by atoms with E-state index in [0.29, 0.717) is 13.2 Å². The number of aryl methyl sites for hydroxylation is 2. The Bertz CT molecular complexity index is 664. The second-order valence-electron chi connectivity index (χ2n) is 7.23. The molecule has 0 heterocycles. The van der Waals surface area contributed by atoms with Crippen LogP contribution >= 0.6 is 0 Å². The van der Waals surface area contributed by atoms with Gasteiger partial charge in [-0.1, -0.05) is 57.2 Å². The molecule has 0 N–H and O–H groups in total. The molecular formula is C22H30O3. The van der Waals surface area contributed by atoms with E-state index in [1.165, 1.54) is 27.8 Å². The van der Waals surface area contributed by atoms with Crippen molar-refractivity contribution in [1.82, 2.24) is 0 Å². The van der Waals surface area contributed by atoms with Gasteiger partial charge in [0.25, 0.3) is 0 Å². The standard InChI is InChI=1S/C21H28O2.CH2O/c1-15-8-7-9-16(2)20(15)23-14-18-10-17(13-22-6)11-19(12-18)21(3,4)5;1-2/h7-12H,13-14H2,1-6H3;1H2. The van der Waals surface area contributed by atoms with E-state index in [1.54, 1.807) is 7.11 Å². The zero-order valence-electron chi connectivity index (χ0n) is 16.3. The molecule has 0 fully saturated rings. The van der Waals surface area contributed by atoms with Gasteiger partial charge in [-0.25, -0.2) is 0 Å². The van der Waals surface area contributed by atoms with Gasteiger partial charge in [-0.15, -0.1) is 0 Å². The van der Waals surface area contributed by atoms with Crippen LogP contribution in [0.2, 0.25) is 0 Å². The summed E-state index contributed by atoms with van der Waals surface area (Å²) in [6.45, 7) is 14.1. The summed E-state index contributed by atoms with van der Waals surface area (Å²) in [7, 11) is 1.73. The molecule has 3 heteroatoms. The minimum atomic E-state index is 0.108. The number of ether oxygens (including phenoxy) is 2. The summed E-state index contributed by atoms with van der Waals surface area (Å²) < 4.78 is 11.4. The van der Waals surface area contributed by atoms with Crippen molar-refractivity contribution in [2.75, 3.05) is 7.11 Å². The van der Waals surface area contributed by atoms with Crippen LogP contribution in [0.1, 0.15) is 48.6 Å². The number of methoxy groups -OCH3 is 1. The molecule has 0 aromatic heterocycles. The number of benzene rings is 2. The number of para-hydroxylation sites is 1. The highest BCUT2D eigenvalue weighted by Crippen LogP contribution is 2.27. The van der Waals surface area contributed by atoms with Gasteiger partial charge < -0.3 is 14.3 Å². The Kier molecular flexibility index (Phi) is 7.85. The number of rotatable bonds is 5. The van der Waals surface area contributed by atoms with Crippen molar-refractivity contribution in [1.29, 1.82) is 0 Å². The van der Waals surface area contributed by atoms with Crippen LogP contribution in [0.25, 0.3) is 0 Å². The van der Waals surface area contributed by atoms with Crippen LogP contribution in [0.3, 0.4) is 0 Å². The third-order valence-electron chi connectivity index (χ3n) is 4.02. The molecule has 2 aromatic carbocycles. The summed E-state index contributed by atoms with van der Waals surface area (Å²) >= 11 is 0. The minimum Gasteiger partial charge on any atom is -0.488 e. The van der Waals surface area contributed by atoms with Crippen molar-refractivity contribution in [3.8, 4) is 5.75 Å². The Hall–Kier alpha value is -2.13. The maximum absolute atomic E-state index is 8.00. The predicted octanol–water partition coefficient (Wildman–Crippen LogP) is 5.14. The Labute approximate surface area is 152 Å². The van der Waals surface area contributed by atoms with Crippen molar-refractivity contribution < 1.29 is 14.3 Å². The van der Waals surface area contributed by atoms with E-state index < -0.39 is 0 Å². The van der Waals surface area contributed by atoms with E-state index in [-0.39, 0.29) is 5.41 Å². The lowest BCUT2D eigenvalue weighted by Crippen LogP contribution is -2.13. The highest BCUT2D eigenvalue weighted by molar-refractivity contribution is 5.40. The summed E-state index contributed by atoms with van der Waals surface area (Å²) in [4.78, 5) is 8.00. The van der Waals surface area contributed by atoms with E-state index in [1.807, 2.05) is 6.79 Å². The highest BCUT2D eigenvalue weighted by atomic mass is 16.5. The number of carbonyl (C=O) groups is 1. The molecule has 136 valence electrons. The smallest absolute Gasteiger partial charge is 0.125 e. The zero-order valence-corrected chi connectivity index (χ0v) is 16.3. The maximum Gasteiger partial charge on any atom is 0.125 e. The molecule has 2 aromatic rings. The zero-order chi connectivity index (χ0) is 19.0. The van der Waals surface area contributed by atoms with Crippen molar-refractivity contribution in [2.45, 2.75) is 53.2 Å². The molecule has 0 radical (unpaired) electrons. The van der Waals surface area contributed by atoms with Gasteiger partial charge in [0.1, 0.15) is 19.1 Å². The number of carbonyl (C=O) groups excluding carboxylic acids is 1. The van der Waals surface area contributed by atoms with Gasteiger partial charge in [0, 0.05) is 7.11 Å². The quantitative estimate of drug-likeness (QED) is 0.754. The van der Waals surface area contributed by atoms with Crippen LogP contribution in [0.15, 0.2) is 36.4 Å². The van der Waals surface area contributed by atoms with E-state index in [4.69, 9.17) is 14.3 Å². The Balaban J connectivity index is 0.00000151. The van der Waals surface area contributed by atoms with Gasteiger partial charge >= 0.3 is 0 Å². The normalized spacial score (nSPS) is 10.8. The molecule has 0 saturated heterocycles. The van der Waals surface area contributed by atoms with Crippen molar-refractivity contribution >= 4 is 6.79 Å². The Morgan fingerprint density at radius 3 is 1.92 bits per heavy atom. The second kappa shape index (κ2) is 9.38. The largest absolute Gasteiger partial charge is 0.488 e. The van der Waals surface area contributed by atoms with E-state index in [9.17, 15) is 0 Å². The van der Waals surface area contributed by atoms with Crippen LogP contribution in [0, 0.1) is 13.8 Å². The van der Waals surface area contributed by atoms with Crippen molar-refractivity contribution in [3.63, 3.8) is 0 Å². The first-order valence-electron chi connectivity index (χ1n) is 8.41. The molecule has 0 spiro atoms. The number of hydrogen-bond acceptors (Lipinski definition) is 3. The van der Waals surface area contributed by atoms with Crippen LogP contribution in [-0.4, -0.2) is 13.9 Å². The predicted molar refractivity (Wildman–Crippen MR) is 103 cm³/mol. The average molecular weight is 342 g/mol. The fraction of sp³-hybridized carbons (Fsp3) is 0.409. The fourth-order valence-electron chi connectivity index (χ4n) is 2.71. The average Bonchev–Trinajstić information content (AvgIpc) is 2.55. The second-order valence-corrected chi connectivity index (χ2v) is 7.23. The monoisotopic (exact) mass is 342 g/mol. The van der Waals surface area contributed by atoms with Crippen LogP contribution in [0.5, 0.6) is 5.75 Å². The molecule has 0 aliphatic heterocycles. The lowest BCUT2D eigenvalue weighted by Gasteiger charge is -2.22. The SMILES string of the molecule is C=O.COCc1cc(COc2c(C)cccc2C)cc(C(C)(C)C)c1. The molecule has 0 unspecified atom stereocenters. The molecule has 0 aliphatic carbocycles. The Morgan fingerprint density at radius 1 is 0.920 bits per heavy atom. The molecule has 3 nitrogen and oxygen atoms in total. The molecule has 0 amide bonds.